The number of halogens is 2. The maximum absolute atomic E-state index is 13.4. The van der Waals surface area contributed by atoms with Crippen molar-refractivity contribution in [1.82, 2.24) is 0 Å². The molecular weight excluding hydrogens is 400 g/mol. The minimum atomic E-state index is -3.79. The molecule has 0 aromatic heterocycles. The zero-order valence-electron chi connectivity index (χ0n) is 16.1. The Labute approximate surface area is 169 Å². The third-order valence-corrected chi connectivity index (χ3v) is 4.74. The first-order valence-electron chi connectivity index (χ1n) is 8.82. The van der Waals surface area contributed by atoms with E-state index in [9.17, 15) is 23.2 Å². The molecule has 0 radical (unpaired) electrons. The highest BCUT2D eigenvalue weighted by atomic mass is 19.3. The van der Waals surface area contributed by atoms with Gasteiger partial charge in [0.1, 0.15) is 5.76 Å². The van der Waals surface area contributed by atoms with Gasteiger partial charge in [-0.15, -0.1) is 8.78 Å². The molecule has 0 N–H and O–H groups in total. The molecule has 2 aromatic carbocycles. The average Bonchev–Trinajstić information content (AvgIpc) is 3.13. The minimum absolute atomic E-state index is 0.0245. The lowest BCUT2D eigenvalue weighted by Gasteiger charge is -2.13. The number of alkyl halides is 2. The molecule has 4 rings (SSSR count). The Morgan fingerprint density at radius 1 is 1.00 bits per heavy atom. The van der Waals surface area contributed by atoms with Gasteiger partial charge in [-0.3, -0.25) is 14.4 Å². The number of methoxy groups -OCH3 is 1. The van der Waals surface area contributed by atoms with Crippen LogP contribution in [0.2, 0.25) is 0 Å². The molecule has 0 unspecified atom stereocenters. The predicted molar refractivity (Wildman–Crippen MR) is 101 cm³/mol. The summed E-state index contributed by atoms with van der Waals surface area (Å²) < 4.78 is 41.0. The molecule has 0 saturated heterocycles. The quantitative estimate of drug-likeness (QED) is 0.433. The molecule has 2 heterocycles. The molecule has 2 amide bonds. The lowest BCUT2D eigenvalue weighted by molar-refractivity contribution is -0.286. The van der Waals surface area contributed by atoms with E-state index in [1.54, 1.807) is 0 Å². The first-order valence-corrected chi connectivity index (χ1v) is 8.82. The van der Waals surface area contributed by atoms with E-state index < -0.39 is 18.1 Å². The van der Waals surface area contributed by atoms with Crippen molar-refractivity contribution in [3.05, 3.63) is 53.1 Å². The van der Waals surface area contributed by atoms with Crippen LogP contribution in [0.3, 0.4) is 0 Å². The summed E-state index contributed by atoms with van der Waals surface area (Å²) in [5.41, 5.74) is 1.24. The van der Waals surface area contributed by atoms with Gasteiger partial charge in [0, 0.05) is 23.6 Å². The van der Waals surface area contributed by atoms with E-state index in [1.807, 2.05) is 0 Å². The Morgan fingerprint density at radius 2 is 1.67 bits per heavy atom. The fourth-order valence-electron chi connectivity index (χ4n) is 3.47. The molecule has 9 heteroatoms. The van der Waals surface area contributed by atoms with Gasteiger partial charge >= 0.3 is 6.29 Å². The molecule has 30 heavy (non-hydrogen) atoms. The lowest BCUT2D eigenvalue weighted by atomic mass is 9.99. The van der Waals surface area contributed by atoms with Crippen LogP contribution in [-0.2, 0) is 14.3 Å². The zero-order chi connectivity index (χ0) is 21.8. The molecule has 154 valence electrons. The number of ketones is 1. The number of carbonyl (C=O) groups excluding carboxylic acids is 3. The van der Waals surface area contributed by atoms with Crippen LogP contribution in [0.4, 0.5) is 14.5 Å². The lowest BCUT2D eigenvalue weighted by Crippen LogP contribution is -2.31. The molecule has 0 spiro atoms. The van der Waals surface area contributed by atoms with Crippen LogP contribution in [0, 0.1) is 0 Å². The number of benzene rings is 2. The van der Waals surface area contributed by atoms with Crippen LogP contribution in [0.25, 0.3) is 11.3 Å². The van der Waals surface area contributed by atoms with Crippen LogP contribution in [0.15, 0.2) is 36.4 Å². The first-order chi connectivity index (χ1) is 14.1. The van der Waals surface area contributed by atoms with E-state index in [0.717, 1.165) is 4.90 Å². The van der Waals surface area contributed by atoms with Gasteiger partial charge in [-0.2, -0.15) is 0 Å². The molecule has 0 saturated carbocycles. The van der Waals surface area contributed by atoms with Gasteiger partial charge in [-0.25, -0.2) is 4.90 Å². The van der Waals surface area contributed by atoms with E-state index in [2.05, 4.69) is 9.47 Å². The van der Waals surface area contributed by atoms with Crippen molar-refractivity contribution < 1.29 is 37.4 Å². The molecule has 0 fully saturated rings. The Hall–Kier alpha value is -3.75. The van der Waals surface area contributed by atoms with Crippen molar-refractivity contribution in [2.24, 2.45) is 0 Å². The van der Waals surface area contributed by atoms with Crippen molar-refractivity contribution in [2.75, 3.05) is 12.0 Å². The summed E-state index contributed by atoms with van der Waals surface area (Å²) in [5.74, 6) is -1.75. The number of fused-ring (bicyclic) bond motifs is 2. The number of nitrogens with zero attached hydrogens (tertiary/aromatic N) is 1. The molecule has 0 bridgehead atoms. The normalized spacial score (nSPS) is 17.6. The Bertz CT molecular complexity index is 1150. The molecule has 2 aromatic rings. The van der Waals surface area contributed by atoms with Crippen LogP contribution in [0.1, 0.15) is 35.3 Å². The second-order valence-electron chi connectivity index (χ2n) is 6.68. The maximum Gasteiger partial charge on any atom is 0.586 e. The SMILES string of the molecule is CO/C(=C1\C(=O)N(C(C)=O)c2ccc(C(C)=O)cc21)c1ccc2c(c1)OC(F)(F)O2. The molecular formula is C21H15F2NO6. The topological polar surface area (TPSA) is 82.1 Å². The molecule has 7 nitrogen and oxygen atoms in total. The summed E-state index contributed by atoms with van der Waals surface area (Å²) in [4.78, 5) is 38.0. The highest BCUT2D eigenvalue weighted by molar-refractivity contribution is 6.43. The van der Waals surface area contributed by atoms with E-state index in [4.69, 9.17) is 4.74 Å². The number of imide groups is 1. The smallest absolute Gasteiger partial charge is 0.495 e. The van der Waals surface area contributed by atoms with Crippen molar-refractivity contribution in [3.8, 4) is 11.5 Å². The summed E-state index contributed by atoms with van der Waals surface area (Å²) in [7, 11) is 1.31. The second kappa shape index (κ2) is 6.65. The van der Waals surface area contributed by atoms with E-state index in [-0.39, 0.29) is 34.2 Å². The van der Waals surface area contributed by atoms with E-state index >= 15 is 0 Å². The first kappa shape index (κ1) is 19.6. The highest BCUT2D eigenvalue weighted by Gasteiger charge is 2.44. The number of rotatable bonds is 3. The van der Waals surface area contributed by atoms with Crippen molar-refractivity contribution in [1.29, 1.82) is 0 Å². The van der Waals surface area contributed by atoms with Gasteiger partial charge < -0.3 is 14.2 Å². The Kier molecular flexibility index (Phi) is 4.34. The molecule has 2 aliphatic heterocycles. The van der Waals surface area contributed by atoms with Crippen LogP contribution >= 0.6 is 0 Å². The second-order valence-corrected chi connectivity index (χ2v) is 6.68. The summed E-state index contributed by atoms with van der Waals surface area (Å²) in [6.45, 7) is 2.61. The fraction of sp³-hybridized carbons (Fsp3) is 0.190. The number of carbonyl (C=O) groups is 3. The van der Waals surface area contributed by atoms with Gasteiger partial charge in [0.25, 0.3) is 5.91 Å². The van der Waals surface area contributed by atoms with E-state index in [0.29, 0.717) is 16.8 Å². The third-order valence-electron chi connectivity index (χ3n) is 4.74. The van der Waals surface area contributed by atoms with Crippen LogP contribution in [-0.4, -0.2) is 31.0 Å². The number of Topliss-reactive ketones (excluding diaryl/α,β-unsaturated/α-hetero) is 1. The maximum atomic E-state index is 13.4. The number of amides is 2. The van der Waals surface area contributed by atoms with Gasteiger partial charge in [0.15, 0.2) is 17.3 Å². The van der Waals surface area contributed by atoms with Gasteiger partial charge in [-0.1, -0.05) is 0 Å². The van der Waals surface area contributed by atoms with Gasteiger partial charge in [-0.05, 0) is 43.3 Å². The number of anilines is 1. The average molecular weight is 415 g/mol. The number of hydrogen-bond donors (Lipinski definition) is 0. The fourth-order valence-corrected chi connectivity index (χ4v) is 3.47. The predicted octanol–water partition coefficient (Wildman–Crippen LogP) is 3.62. The number of hydrogen-bond acceptors (Lipinski definition) is 6. The Morgan fingerprint density at radius 3 is 2.30 bits per heavy atom. The summed E-state index contributed by atoms with van der Waals surface area (Å²) in [6, 6.07) is 8.45. The van der Waals surface area contributed by atoms with Gasteiger partial charge in [0.2, 0.25) is 5.91 Å². The molecule has 0 atom stereocenters. The standard InChI is InChI=1S/C21H15F2NO6/c1-10(25)12-4-6-15-14(8-12)18(20(27)24(15)11(2)26)19(28-3)13-5-7-16-17(9-13)30-21(22,23)29-16/h4-9H,1-3H3/b19-18-. The largest absolute Gasteiger partial charge is 0.586 e. The highest BCUT2D eigenvalue weighted by Crippen LogP contribution is 2.45. The molecule has 0 aliphatic carbocycles. The summed E-state index contributed by atoms with van der Waals surface area (Å²) in [6.07, 6.45) is -3.79. The van der Waals surface area contributed by atoms with E-state index in [1.165, 1.54) is 57.4 Å². The molecule has 2 aliphatic rings. The van der Waals surface area contributed by atoms with Crippen LogP contribution < -0.4 is 14.4 Å². The minimum Gasteiger partial charge on any atom is -0.495 e. The third kappa shape index (κ3) is 2.99. The van der Waals surface area contributed by atoms with Crippen LogP contribution in [0.5, 0.6) is 11.5 Å². The Balaban J connectivity index is 1.93. The zero-order valence-corrected chi connectivity index (χ0v) is 16.1. The summed E-state index contributed by atoms with van der Waals surface area (Å²) >= 11 is 0. The van der Waals surface area contributed by atoms with Crippen molar-refractivity contribution in [3.63, 3.8) is 0 Å². The van der Waals surface area contributed by atoms with Gasteiger partial charge in [0.05, 0.1) is 18.4 Å². The summed E-state index contributed by atoms with van der Waals surface area (Å²) in [5, 5.41) is 0. The van der Waals surface area contributed by atoms with Crippen molar-refractivity contribution in [2.45, 2.75) is 20.1 Å². The monoisotopic (exact) mass is 415 g/mol. The number of ether oxygens (including phenoxy) is 3. The van der Waals surface area contributed by atoms with Crippen molar-refractivity contribution >= 4 is 34.6 Å².